The van der Waals surface area contributed by atoms with Crippen molar-refractivity contribution in [1.82, 2.24) is 4.90 Å². The van der Waals surface area contributed by atoms with Crippen molar-refractivity contribution in [3.8, 4) is 0 Å². The van der Waals surface area contributed by atoms with Gasteiger partial charge in [-0.2, -0.15) is 0 Å². The van der Waals surface area contributed by atoms with Gasteiger partial charge in [0.05, 0.1) is 6.10 Å². The van der Waals surface area contributed by atoms with Crippen LogP contribution >= 0.6 is 0 Å². The zero-order chi connectivity index (χ0) is 9.97. The van der Waals surface area contributed by atoms with E-state index in [1.165, 1.54) is 38.6 Å². The second-order valence-electron chi connectivity index (χ2n) is 5.21. The molecule has 0 heterocycles. The van der Waals surface area contributed by atoms with Gasteiger partial charge < -0.3 is 10.0 Å². The highest BCUT2D eigenvalue weighted by Crippen LogP contribution is 2.28. The number of hydrogen-bond acceptors (Lipinski definition) is 2. The monoisotopic (exact) mass is 197 g/mol. The Bertz CT molecular complexity index is 179. The topological polar surface area (TPSA) is 23.5 Å². The Morgan fingerprint density at radius 1 is 1.14 bits per heavy atom. The number of aliphatic hydroxyl groups is 1. The van der Waals surface area contributed by atoms with E-state index in [2.05, 4.69) is 11.9 Å². The van der Waals surface area contributed by atoms with Gasteiger partial charge in [-0.15, -0.1) is 0 Å². The summed E-state index contributed by atoms with van der Waals surface area (Å²) in [5.41, 5.74) is 0. The fraction of sp³-hybridized carbons (Fsp3) is 1.00. The average Bonchev–Trinajstić information content (AvgIpc) is 1.99. The second-order valence-corrected chi connectivity index (χ2v) is 5.21. The molecule has 0 radical (unpaired) electrons. The van der Waals surface area contributed by atoms with Gasteiger partial charge in [0.15, 0.2) is 0 Å². The third-order valence-corrected chi connectivity index (χ3v) is 4.00. The largest absolute Gasteiger partial charge is 0.393 e. The van der Waals surface area contributed by atoms with Crippen LogP contribution in [-0.4, -0.2) is 35.7 Å². The molecule has 2 saturated carbocycles. The fourth-order valence-electron chi connectivity index (χ4n) is 2.81. The van der Waals surface area contributed by atoms with E-state index in [0.29, 0.717) is 0 Å². The van der Waals surface area contributed by atoms with E-state index in [-0.39, 0.29) is 6.10 Å². The lowest BCUT2D eigenvalue weighted by molar-refractivity contribution is 0.0689. The summed E-state index contributed by atoms with van der Waals surface area (Å²) in [6.07, 6.45) is 8.82. The molecule has 2 heteroatoms. The SMILES string of the molecule is CN(CC1CCCC(O)C1)C1CCC1. The molecule has 2 aliphatic rings. The zero-order valence-electron chi connectivity index (χ0n) is 9.28. The lowest BCUT2D eigenvalue weighted by Gasteiger charge is -2.38. The molecule has 2 aliphatic carbocycles. The Balaban J connectivity index is 1.72. The normalized spacial score (nSPS) is 34.5. The predicted octanol–water partition coefficient (Wildman–Crippen LogP) is 2.02. The average molecular weight is 197 g/mol. The first-order chi connectivity index (χ1) is 6.75. The molecular weight excluding hydrogens is 174 g/mol. The van der Waals surface area contributed by atoms with Crippen LogP contribution in [0.2, 0.25) is 0 Å². The molecule has 2 nitrogen and oxygen atoms in total. The van der Waals surface area contributed by atoms with E-state index in [9.17, 15) is 5.11 Å². The van der Waals surface area contributed by atoms with Gasteiger partial charge in [-0.1, -0.05) is 12.8 Å². The molecule has 0 aromatic carbocycles. The minimum Gasteiger partial charge on any atom is -0.393 e. The predicted molar refractivity (Wildman–Crippen MR) is 58.2 cm³/mol. The van der Waals surface area contributed by atoms with Crippen molar-refractivity contribution >= 4 is 0 Å². The first kappa shape index (κ1) is 10.4. The Hall–Kier alpha value is -0.0800. The van der Waals surface area contributed by atoms with Crippen molar-refractivity contribution in [2.45, 2.75) is 57.1 Å². The summed E-state index contributed by atoms with van der Waals surface area (Å²) < 4.78 is 0. The molecule has 0 aromatic rings. The maximum atomic E-state index is 9.58. The maximum Gasteiger partial charge on any atom is 0.0543 e. The van der Waals surface area contributed by atoms with E-state index in [0.717, 1.165) is 24.8 Å². The molecule has 0 spiro atoms. The zero-order valence-corrected chi connectivity index (χ0v) is 9.28. The van der Waals surface area contributed by atoms with Crippen molar-refractivity contribution < 1.29 is 5.11 Å². The maximum absolute atomic E-state index is 9.58. The summed E-state index contributed by atoms with van der Waals surface area (Å²) in [7, 11) is 2.25. The van der Waals surface area contributed by atoms with E-state index in [1.807, 2.05) is 0 Å². The first-order valence-electron chi connectivity index (χ1n) is 6.14. The lowest BCUT2D eigenvalue weighted by Crippen LogP contribution is -2.41. The molecule has 2 unspecified atom stereocenters. The Kier molecular flexibility index (Phi) is 3.45. The Morgan fingerprint density at radius 3 is 2.43 bits per heavy atom. The summed E-state index contributed by atoms with van der Waals surface area (Å²) in [4.78, 5) is 2.52. The molecule has 2 atom stereocenters. The van der Waals surface area contributed by atoms with Crippen LogP contribution in [0.15, 0.2) is 0 Å². The van der Waals surface area contributed by atoms with E-state index in [4.69, 9.17) is 0 Å². The van der Waals surface area contributed by atoms with Gasteiger partial charge in [-0.25, -0.2) is 0 Å². The van der Waals surface area contributed by atoms with Crippen LogP contribution in [0, 0.1) is 5.92 Å². The molecule has 0 aromatic heterocycles. The molecule has 0 amide bonds. The smallest absolute Gasteiger partial charge is 0.0543 e. The molecule has 2 rings (SSSR count). The lowest BCUT2D eigenvalue weighted by atomic mass is 9.85. The van der Waals surface area contributed by atoms with Crippen LogP contribution in [0.3, 0.4) is 0 Å². The van der Waals surface area contributed by atoms with Crippen molar-refractivity contribution in [2.75, 3.05) is 13.6 Å². The molecule has 82 valence electrons. The highest BCUT2D eigenvalue weighted by atomic mass is 16.3. The van der Waals surface area contributed by atoms with Crippen LogP contribution in [0.1, 0.15) is 44.9 Å². The van der Waals surface area contributed by atoms with E-state index >= 15 is 0 Å². The third-order valence-electron chi connectivity index (χ3n) is 4.00. The number of nitrogens with zero attached hydrogens (tertiary/aromatic N) is 1. The van der Waals surface area contributed by atoms with Crippen molar-refractivity contribution in [3.05, 3.63) is 0 Å². The van der Waals surface area contributed by atoms with Crippen molar-refractivity contribution in [3.63, 3.8) is 0 Å². The highest BCUT2D eigenvalue weighted by molar-refractivity contribution is 4.81. The fourth-order valence-corrected chi connectivity index (χ4v) is 2.81. The first-order valence-corrected chi connectivity index (χ1v) is 6.14. The Labute approximate surface area is 87.3 Å². The van der Waals surface area contributed by atoms with Crippen LogP contribution < -0.4 is 0 Å². The number of rotatable bonds is 3. The van der Waals surface area contributed by atoms with Crippen molar-refractivity contribution in [1.29, 1.82) is 0 Å². The summed E-state index contributed by atoms with van der Waals surface area (Å²) in [6.45, 7) is 1.21. The summed E-state index contributed by atoms with van der Waals surface area (Å²) in [5, 5.41) is 9.58. The van der Waals surface area contributed by atoms with Gasteiger partial charge in [0.2, 0.25) is 0 Å². The summed E-state index contributed by atoms with van der Waals surface area (Å²) >= 11 is 0. The highest BCUT2D eigenvalue weighted by Gasteiger charge is 2.26. The molecule has 0 bridgehead atoms. The van der Waals surface area contributed by atoms with E-state index in [1.54, 1.807) is 0 Å². The van der Waals surface area contributed by atoms with Gasteiger partial charge in [0.25, 0.3) is 0 Å². The van der Waals surface area contributed by atoms with Gasteiger partial charge >= 0.3 is 0 Å². The number of hydrogen-bond donors (Lipinski definition) is 1. The molecule has 1 N–H and O–H groups in total. The summed E-state index contributed by atoms with van der Waals surface area (Å²) in [5.74, 6) is 0.754. The Morgan fingerprint density at radius 2 is 1.86 bits per heavy atom. The molecule has 0 aliphatic heterocycles. The van der Waals surface area contributed by atoms with Gasteiger partial charge in [0.1, 0.15) is 0 Å². The van der Waals surface area contributed by atoms with Gasteiger partial charge in [0, 0.05) is 12.6 Å². The molecular formula is C12H23NO. The standard InChI is InChI=1S/C12H23NO/c1-13(11-5-3-6-11)9-10-4-2-7-12(14)8-10/h10-12,14H,2-9H2,1H3. The van der Waals surface area contributed by atoms with Gasteiger partial charge in [-0.05, 0) is 45.1 Å². The molecule has 14 heavy (non-hydrogen) atoms. The molecule has 0 saturated heterocycles. The van der Waals surface area contributed by atoms with Crippen LogP contribution in [-0.2, 0) is 0 Å². The van der Waals surface area contributed by atoms with Crippen LogP contribution in [0.25, 0.3) is 0 Å². The molecule has 2 fully saturated rings. The van der Waals surface area contributed by atoms with Crippen LogP contribution in [0.4, 0.5) is 0 Å². The summed E-state index contributed by atoms with van der Waals surface area (Å²) in [6, 6.07) is 0.856. The minimum atomic E-state index is -0.0106. The van der Waals surface area contributed by atoms with Crippen LogP contribution in [0.5, 0.6) is 0 Å². The minimum absolute atomic E-state index is 0.0106. The number of aliphatic hydroxyl groups excluding tert-OH is 1. The van der Waals surface area contributed by atoms with Gasteiger partial charge in [-0.3, -0.25) is 0 Å². The quantitative estimate of drug-likeness (QED) is 0.748. The third kappa shape index (κ3) is 2.48. The van der Waals surface area contributed by atoms with Crippen molar-refractivity contribution in [2.24, 2.45) is 5.92 Å². The van der Waals surface area contributed by atoms with E-state index < -0.39 is 0 Å². The second kappa shape index (κ2) is 4.63.